The molecule has 0 aromatic heterocycles. The number of carbonyl (C=O) groups excluding carboxylic acids is 1. The lowest BCUT2D eigenvalue weighted by Gasteiger charge is -2.20. The molecule has 0 aliphatic heterocycles. The fourth-order valence-corrected chi connectivity index (χ4v) is 2.61. The Morgan fingerprint density at radius 1 is 1.05 bits per heavy atom. The SMILES string of the molecule is CN(Cc1ccccc1)c1ccc2c(c1)C(=O)CC2. The van der Waals surface area contributed by atoms with Gasteiger partial charge in [0.25, 0.3) is 0 Å². The second-order valence-electron chi connectivity index (χ2n) is 5.11. The zero-order valence-electron chi connectivity index (χ0n) is 11.1. The van der Waals surface area contributed by atoms with Gasteiger partial charge >= 0.3 is 0 Å². The quantitative estimate of drug-likeness (QED) is 0.832. The standard InChI is InChI=1S/C17H17NO/c1-18(12-13-5-3-2-4-6-13)15-9-7-14-8-10-17(19)16(14)11-15/h2-7,9,11H,8,10,12H2,1H3. The molecule has 19 heavy (non-hydrogen) atoms. The zero-order chi connectivity index (χ0) is 13.2. The Morgan fingerprint density at radius 3 is 2.63 bits per heavy atom. The molecule has 2 aromatic rings. The van der Waals surface area contributed by atoms with Crippen LogP contribution in [0.25, 0.3) is 0 Å². The van der Waals surface area contributed by atoms with Crippen LogP contribution in [0.15, 0.2) is 48.5 Å². The van der Waals surface area contributed by atoms with Crippen LogP contribution < -0.4 is 4.90 Å². The van der Waals surface area contributed by atoms with Crippen molar-refractivity contribution in [3.05, 3.63) is 65.2 Å². The van der Waals surface area contributed by atoms with E-state index in [1.54, 1.807) is 0 Å². The number of benzene rings is 2. The summed E-state index contributed by atoms with van der Waals surface area (Å²) in [7, 11) is 2.06. The molecule has 2 aromatic carbocycles. The third-order valence-corrected chi connectivity index (χ3v) is 3.72. The normalized spacial score (nSPS) is 13.4. The Labute approximate surface area is 113 Å². The van der Waals surface area contributed by atoms with E-state index < -0.39 is 0 Å². The number of rotatable bonds is 3. The summed E-state index contributed by atoms with van der Waals surface area (Å²) in [6, 6.07) is 16.6. The number of ketones is 1. The molecule has 0 bridgehead atoms. The van der Waals surface area contributed by atoms with E-state index >= 15 is 0 Å². The molecule has 0 heterocycles. The summed E-state index contributed by atoms with van der Waals surface area (Å²) in [6.07, 6.45) is 1.57. The minimum atomic E-state index is 0.282. The molecule has 96 valence electrons. The van der Waals surface area contributed by atoms with Crippen molar-refractivity contribution in [2.75, 3.05) is 11.9 Å². The second kappa shape index (κ2) is 4.88. The summed E-state index contributed by atoms with van der Waals surface area (Å²) in [5.41, 5.74) is 4.49. The van der Waals surface area contributed by atoms with Gasteiger partial charge in [0.2, 0.25) is 0 Å². The van der Waals surface area contributed by atoms with Gasteiger partial charge in [-0.1, -0.05) is 36.4 Å². The largest absolute Gasteiger partial charge is 0.370 e. The summed E-state index contributed by atoms with van der Waals surface area (Å²) in [6.45, 7) is 0.855. The number of nitrogens with zero attached hydrogens (tertiary/aromatic N) is 1. The van der Waals surface area contributed by atoms with E-state index in [1.807, 2.05) is 12.1 Å². The van der Waals surface area contributed by atoms with Crippen LogP contribution in [0.4, 0.5) is 5.69 Å². The molecule has 3 rings (SSSR count). The van der Waals surface area contributed by atoms with Crippen molar-refractivity contribution in [1.82, 2.24) is 0 Å². The predicted molar refractivity (Wildman–Crippen MR) is 77.6 cm³/mol. The monoisotopic (exact) mass is 251 g/mol. The molecule has 0 radical (unpaired) electrons. The van der Waals surface area contributed by atoms with Crippen LogP contribution in [0, 0.1) is 0 Å². The van der Waals surface area contributed by atoms with Crippen LogP contribution >= 0.6 is 0 Å². The molecule has 0 unspecified atom stereocenters. The van der Waals surface area contributed by atoms with Crippen LogP contribution in [0.2, 0.25) is 0 Å². The fourth-order valence-electron chi connectivity index (χ4n) is 2.61. The van der Waals surface area contributed by atoms with Crippen LogP contribution in [-0.2, 0) is 13.0 Å². The lowest BCUT2D eigenvalue weighted by atomic mass is 10.1. The number of fused-ring (bicyclic) bond motifs is 1. The first kappa shape index (κ1) is 12.0. The van der Waals surface area contributed by atoms with Crippen LogP contribution in [0.5, 0.6) is 0 Å². The molecule has 1 aliphatic rings. The highest BCUT2D eigenvalue weighted by molar-refractivity contribution is 6.01. The highest BCUT2D eigenvalue weighted by Gasteiger charge is 2.19. The molecule has 0 amide bonds. The highest BCUT2D eigenvalue weighted by atomic mass is 16.1. The van der Waals surface area contributed by atoms with Gasteiger partial charge in [0.1, 0.15) is 0 Å². The third-order valence-electron chi connectivity index (χ3n) is 3.72. The van der Waals surface area contributed by atoms with Gasteiger partial charge in [-0.05, 0) is 29.7 Å². The van der Waals surface area contributed by atoms with Crippen molar-refractivity contribution < 1.29 is 4.79 Å². The molecule has 1 aliphatic carbocycles. The Hall–Kier alpha value is -2.09. The smallest absolute Gasteiger partial charge is 0.163 e. The second-order valence-corrected chi connectivity index (χ2v) is 5.11. The maximum absolute atomic E-state index is 11.8. The summed E-state index contributed by atoms with van der Waals surface area (Å²) in [5, 5.41) is 0. The Bertz CT molecular complexity index is 604. The molecule has 2 nitrogen and oxygen atoms in total. The first-order valence-corrected chi connectivity index (χ1v) is 6.65. The minimum Gasteiger partial charge on any atom is -0.370 e. The van der Waals surface area contributed by atoms with Gasteiger partial charge < -0.3 is 4.90 Å². The van der Waals surface area contributed by atoms with Crippen molar-refractivity contribution in [1.29, 1.82) is 0 Å². The van der Waals surface area contributed by atoms with Crippen LogP contribution in [0.1, 0.15) is 27.9 Å². The van der Waals surface area contributed by atoms with Gasteiger partial charge in [-0.2, -0.15) is 0 Å². The van der Waals surface area contributed by atoms with Crippen molar-refractivity contribution in [2.45, 2.75) is 19.4 Å². The molecule has 0 saturated heterocycles. The maximum Gasteiger partial charge on any atom is 0.163 e. The lowest BCUT2D eigenvalue weighted by Crippen LogP contribution is -2.16. The van der Waals surface area contributed by atoms with Crippen molar-refractivity contribution in [3.63, 3.8) is 0 Å². The fraction of sp³-hybridized carbons (Fsp3) is 0.235. The van der Waals surface area contributed by atoms with E-state index in [4.69, 9.17) is 0 Å². The van der Waals surface area contributed by atoms with E-state index in [0.29, 0.717) is 6.42 Å². The molecule has 0 spiro atoms. The van der Waals surface area contributed by atoms with Gasteiger partial charge in [0.05, 0.1) is 0 Å². The van der Waals surface area contributed by atoms with E-state index in [2.05, 4.69) is 48.3 Å². The number of anilines is 1. The summed E-state index contributed by atoms with van der Waals surface area (Å²) in [4.78, 5) is 14.0. The first-order valence-electron chi connectivity index (χ1n) is 6.65. The number of hydrogen-bond donors (Lipinski definition) is 0. The highest BCUT2D eigenvalue weighted by Crippen LogP contribution is 2.27. The zero-order valence-corrected chi connectivity index (χ0v) is 11.1. The summed E-state index contributed by atoms with van der Waals surface area (Å²) in [5.74, 6) is 0.282. The molecule has 0 saturated carbocycles. The number of Topliss-reactive ketones (excluding diaryl/α,β-unsaturated/α-hetero) is 1. The number of aryl methyl sites for hydroxylation is 1. The Balaban J connectivity index is 1.83. The number of hydrogen-bond acceptors (Lipinski definition) is 2. The molecular formula is C17H17NO. The Kier molecular flexibility index (Phi) is 3.08. The lowest BCUT2D eigenvalue weighted by molar-refractivity contribution is 0.0994. The van der Waals surface area contributed by atoms with Gasteiger partial charge in [-0.3, -0.25) is 4.79 Å². The van der Waals surface area contributed by atoms with Gasteiger partial charge in [0, 0.05) is 31.3 Å². The molecule has 0 fully saturated rings. The van der Waals surface area contributed by atoms with E-state index in [9.17, 15) is 4.79 Å². The van der Waals surface area contributed by atoms with Crippen molar-refractivity contribution >= 4 is 11.5 Å². The average Bonchev–Trinajstić information content (AvgIpc) is 2.81. The van der Waals surface area contributed by atoms with E-state index in [0.717, 1.165) is 24.2 Å². The third kappa shape index (κ3) is 2.39. The van der Waals surface area contributed by atoms with E-state index in [1.165, 1.54) is 11.1 Å². The van der Waals surface area contributed by atoms with Gasteiger partial charge in [-0.15, -0.1) is 0 Å². The van der Waals surface area contributed by atoms with Gasteiger partial charge in [0.15, 0.2) is 5.78 Å². The van der Waals surface area contributed by atoms with Crippen LogP contribution in [-0.4, -0.2) is 12.8 Å². The molecular weight excluding hydrogens is 234 g/mol. The average molecular weight is 251 g/mol. The minimum absolute atomic E-state index is 0.282. The number of carbonyl (C=O) groups is 1. The van der Waals surface area contributed by atoms with Crippen LogP contribution in [0.3, 0.4) is 0 Å². The molecule has 2 heteroatoms. The predicted octanol–water partition coefficient (Wildman–Crippen LogP) is 3.45. The van der Waals surface area contributed by atoms with Crippen molar-refractivity contribution in [2.24, 2.45) is 0 Å². The van der Waals surface area contributed by atoms with E-state index in [-0.39, 0.29) is 5.78 Å². The van der Waals surface area contributed by atoms with Crippen molar-refractivity contribution in [3.8, 4) is 0 Å². The molecule has 0 atom stereocenters. The first-order chi connectivity index (χ1) is 9.24. The summed E-state index contributed by atoms with van der Waals surface area (Å²) < 4.78 is 0. The maximum atomic E-state index is 11.8. The topological polar surface area (TPSA) is 20.3 Å². The summed E-state index contributed by atoms with van der Waals surface area (Å²) >= 11 is 0. The Morgan fingerprint density at radius 2 is 1.84 bits per heavy atom. The van der Waals surface area contributed by atoms with Gasteiger partial charge in [-0.25, -0.2) is 0 Å². The molecule has 0 N–H and O–H groups in total.